The van der Waals surface area contributed by atoms with E-state index in [9.17, 15) is 22.4 Å². The SMILES string of the molecule is O=C(CCOCC(F)(F)F)NC(c1ccc(F)cc1)c1cccs1. The molecule has 0 aliphatic rings. The summed E-state index contributed by atoms with van der Waals surface area (Å²) in [6.45, 7) is -1.71. The summed E-state index contributed by atoms with van der Waals surface area (Å²) in [6.07, 6.45) is -4.61. The summed E-state index contributed by atoms with van der Waals surface area (Å²) in [4.78, 5) is 12.8. The van der Waals surface area contributed by atoms with Crippen molar-refractivity contribution < 1.29 is 27.1 Å². The molecule has 3 nitrogen and oxygen atoms in total. The number of benzene rings is 1. The number of rotatable bonds is 7. The van der Waals surface area contributed by atoms with Crippen molar-refractivity contribution in [1.82, 2.24) is 5.32 Å². The Kier molecular flexibility index (Phi) is 6.33. The molecule has 130 valence electrons. The van der Waals surface area contributed by atoms with E-state index in [-0.39, 0.29) is 13.0 Å². The van der Waals surface area contributed by atoms with E-state index in [1.165, 1.54) is 23.5 Å². The molecule has 1 aromatic carbocycles. The van der Waals surface area contributed by atoms with Gasteiger partial charge in [-0.3, -0.25) is 4.79 Å². The van der Waals surface area contributed by atoms with Crippen LogP contribution in [-0.2, 0) is 9.53 Å². The summed E-state index contributed by atoms with van der Waals surface area (Å²) in [5.74, 6) is -0.838. The van der Waals surface area contributed by atoms with E-state index in [2.05, 4.69) is 10.1 Å². The van der Waals surface area contributed by atoms with E-state index >= 15 is 0 Å². The normalized spacial score (nSPS) is 12.8. The summed E-state index contributed by atoms with van der Waals surface area (Å²) in [6, 6.07) is 8.83. The number of amides is 1. The van der Waals surface area contributed by atoms with Crippen molar-refractivity contribution in [3.8, 4) is 0 Å². The van der Waals surface area contributed by atoms with Crippen molar-refractivity contribution in [1.29, 1.82) is 0 Å². The van der Waals surface area contributed by atoms with E-state index in [1.807, 2.05) is 17.5 Å². The minimum Gasteiger partial charge on any atom is -0.372 e. The molecule has 1 amide bonds. The number of hydrogen-bond donors (Lipinski definition) is 1. The molecule has 0 saturated heterocycles. The van der Waals surface area contributed by atoms with Crippen molar-refractivity contribution in [2.75, 3.05) is 13.2 Å². The number of alkyl halides is 3. The molecule has 1 aromatic heterocycles. The average Bonchev–Trinajstić information content (AvgIpc) is 3.03. The molecule has 8 heteroatoms. The molecular weight excluding hydrogens is 346 g/mol. The quantitative estimate of drug-likeness (QED) is 0.597. The first-order valence-corrected chi connectivity index (χ1v) is 7.96. The number of hydrogen-bond acceptors (Lipinski definition) is 3. The van der Waals surface area contributed by atoms with Crippen LogP contribution in [0, 0.1) is 5.82 Å². The predicted molar refractivity (Wildman–Crippen MR) is 82.2 cm³/mol. The van der Waals surface area contributed by atoms with Crippen molar-refractivity contribution in [2.24, 2.45) is 0 Å². The molecule has 2 rings (SSSR count). The van der Waals surface area contributed by atoms with Crippen LogP contribution in [0.4, 0.5) is 17.6 Å². The maximum absolute atomic E-state index is 13.1. The summed E-state index contributed by atoms with van der Waals surface area (Å²) in [5, 5.41) is 4.58. The molecule has 1 unspecified atom stereocenters. The van der Waals surface area contributed by atoms with Crippen molar-refractivity contribution in [3.63, 3.8) is 0 Å². The fourth-order valence-electron chi connectivity index (χ4n) is 2.02. The van der Waals surface area contributed by atoms with Gasteiger partial charge in [-0.25, -0.2) is 4.39 Å². The number of thiophene rings is 1. The van der Waals surface area contributed by atoms with Crippen LogP contribution in [0.3, 0.4) is 0 Å². The van der Waals surface area contributed by atoms with E-state index in [0.29, 0.717) is 5.56 Å². The second kappa shape index (κ2) is 8.25. The maximum atomic E-state index is 13.1. The van der Waals surface area contributed by atoms with Gasteiger partial charge in [0.25, 0.3) is 0 Å². The summed E-state index contributed by atoms with van der Waals surface area (Å²) in [5.41, 5.74) is 0.684. The Morgan fingerprint density at radius 3 is 2.50 bits per heavy atom. The molecule has 1 atom stereocenters. The molecule has 24 heavy (non-hydrogen) atoms. The molecule has 0 saturated carbocycles. The zero-order chi connectivity index (χ0) is 17.6. The van der Waals surface area contributed by atoms with Crippen LogP contribution >= 0.6 is 11.3 Å². The monoisotopic (exact) mass is 361 g/mol. The molecule has 2 aromatic rings. The molecule has 0 bridgehead atoms. The third kappa shape index (κ3) is 5.93. The van der Waals surface area contributed by atoms with Crippen LogP contribution in [0.25, 0.3) is 0 Å². The predicted octanol–water partition coefficient (Wildman–Crippen LogP) is 4.06. The number of halogens is 4. The van der Waals surface area contributed by atoms with Gasteiger partial charge in [0, 0.05) is 11.3 Å². The van der Waals surface area contributed by atoms with Crippen LogP contribution in [0.2, 0.25) is 0 Å². The average molecular weight is 361 g/mol. The van der Waals surface area contributed by atoms with Crippen LogP contribution in [0.15, 0.2) is 41.8 Å². The lowest BCUT2D eigenvalue weighted by molar-refractivity contribution is -0.174. The molecule has 0 spiro atoms. The van der Waals surface area contributed by atoms with Crippen LogP contribution in [0.5, 0.6) is 0 Å². The summed E-state index contributed by atoms with van der Waals surface area (Å²) >= 11 is 1.42. The molecule has 1 heterocycles. The van der Waals surface area contributed by atoms with E-state index in [4.69, 9.17) is 0 Å². The van der Waals surface area contributed by atoms with Gasteiger partial charge in [-0.1, -0.05) is 18.2 Å². The van der Waals surface area contributed by atoms with E-state index in [1.54, 1.807) is 12.1 Å². The van der Waals surface area contributed by atoms with Crippen molar-refractivity contribution >= 4 is 17.2 Å². The van der Waals surface area contributed by atoms with Gasteiger partial charge in [-0.05, 0) is 29.1 Å². The third-order valence-corrected chi connectivity index (χ3v) is 4.01. The Balaban J connectivity index is 1.96. The Morgan fingerprint density at radius 1 is 1.21 bits per heavy atom. The standard InChI is InChI=1S/C16H15F4NO2S/c17-12-5-3-11(4-6-12)15(13-2-1-9-24-13)21-14(22)7-8-23-10-16(18,19)20/h1-6,9,15H,7-8,10H2,(H,21,22). The second-order valence-electron chi connectivity index (χ2n) is 4.99. The highest BCUT2D eigenvalue weighted by atomic mass is 32.1. The largest absolute Gasteiger partial charge is 0.411 e. The van der Waals surface area contributed by atoms with Crippen molar-refractivity contribution in [2.45, 2.75) is 18.6 Å². The minimum absolute atomic E-state index is 0.195. The first-order chi connectivity index (χ1) is 11.3. The molecule has 1 N–H and O–H groups in total. The third-order valence-electron chi connectivity index (χ3n) is 3.08. The van der Waals surface area contributed by atoms with E-state index < -0.39 is 30.5 Å². The lowest BCUT2D eigenvalue weighted by atomic mass is 10.1. The smallest absolute Gasteiger partial charge is 0.372 e. The van der Waals surface area contributed by atoms with Gasteiger partial charge in [-0.2, -0.15) is 13.2 Å². The maximum Gasteiger partial charge on any atom is 0.411 e. The summed E-state index contributed by atoms with van der Waals surface area (Å²) in [7, 11) is 0. The fraction of sp³-hybridized carbons (Fsp3) is 0.312. The first-order valence-electron chi connectivity index (χ1n) is 7.08. The molecule has 0 aliphatic carbocycles. The number of carbonyl (C=O) groups is 1. The molecule has 0 aliphatic heterocycles. The van der Waals surface area contributed by atoms with Gasteiger partial charge >= 0.3 is 6.18 Å². The first kappa shape index (κ1) is 18.4. The Hall–Kier alpha value is -1.93. The van der Waals surface area contributed by atoms with Crippen LogP contribution in [0.1, 0.15) is 22.9 Å². The Labute approximate surface area is 140 Å². The lowest BCUT2D eigenvalue weighted by Crippen LogP contribution is -2.30. The highest BCUT2D eigenvalue weighted by molar-refractivity contribution is 7.10. The van der Waals surface area contributed by atoms with Crippen LogP contribution < -0.4 is 5.32 Å². The number of ether oxygens (including phenoxy) is 1. The van der Waals surface area contributed by atoms with Gasteiger partial charge in [0.05, 0.1) is 12.6 Å². The minimum atomic E-state index is -4.41. The van der Waals surface area contributed by atoms with E-state index in [0.717, 1.165) is 4.88 Å². The van der Waals surface area contributed by atoms with Gasteiger partial charge in [0.15, 0.2) is 0 Å². The molecular formula is C16H15F4NO2S. The lowest BCUT2D eigenvalue weighted by Gasteiger charge is -2.18. The Bertz CT molecular complexity index is 641. The number of carbonyl (C=O) groups excluding carboxylic acids is 1. The van der Waals surface area contributed by atoms with Gasteiger partial charge < -0.3 is 10.1 Å². The topological polar surface area (TPSA) is 38.3 Å². The summed E-state index contributed by atoms with van der Waals surface area (Å²) < 4.78 is 53.4. The van der Waals surface area contributed by atoms with Gasteiger partial charge in [-0.15, -0.1) is 11.3 Å². The molecule has 0 radical (unpaired) electrons. The molecule has 0 fully saturated rings. The van der Waals surface area contributed by atoms with Crippen molar-refractivity contribution in [3.05, 3.63) is 58.0 Å². The Morgan fingerprint density at radius 2 is 1.92 bits per heavy atom. The zero-order valence-electron chi connectivity index (χ0n) is 12.5. The highest BCUT2D eigenvalue weighted by Gasteiger charge is 2.27. The highest BCUT2D eigenvalue weighted by Crippen LogP contribution is 2.26. The van der Waals surface area contributed by atoms with Gasteiger partial charge in [0.2, 0.25) is 5.91 Å². The van der Waals surface area contributed by atoms with Gasteiger partial charge in [0.1, 0.15) is 12.4 Å². The zero-order valence-corrected chi connectivity index (χ0v) is 13.3. The second-order valence-corrected chi connectivity index (χ2v) is 5.96. The van der Waals surface area contributed by atoms with Crippen LogP contribution in [-0.4, -0.2) is 25.3 Å². The fourth-order valence-corrected chi connectivity index (χ4v) is 2.82. The number of nitrogens with one attached hydrogen (secondary N) is 1.